The van der Waals surface area contributed by atoms with Crippen LogP contribution in [0.1, 0.15) is 19.4 Å². The molecule has 0 radical (unpaired) electrons. The summed E-state index contributed by atoms with van der Waals surface area (Å²) in [7, 11) is 0. The average Bonchev–Trinajstić information content (AvgIpc) is 2.03. The zero-order valence-electron chi connectivity index (χ0n) is 7.95. The third-order valence-corrected chi connectivity index (χ3v) is 1.63. The number of nitrogens with two attached hydrogens (primary N) is 1. The Bertz CT molecular complexity index is 284. The molecule has 0 aliphatic carbocycles. The first-order valence-electron chi connectivity index (χ1n) is 4.32. The fourth-order valence-corrected chi connectivity index (χ4v) is 1.08. The van der Waals surface area contributed by atoms with Crippen molar-refractivity contribution in [3.8, 4) is 11.5 Å². The molecule has 1 aromatic carbocycles. The molecule has 0 aliphatic rings. The van der Waals surface area contributed by atoms with E-state index in [9.17, 15) is 5.11 Å². The summed E-state index contributed by atoms with van der Waals surface area (Å²) in [5, 5.41) is 9.23. The Hall–Kier alpha value is -1.22. The molecule has 0 heterocycles. The van der Waals surface area contributed by atoms with E-state index < -0.39 is 0 Å². The molecule has 1 rings (SSSR count). The minimum absolute atomic E-state index is 0.0899. The number of aromatic hydroxyl groups is 1. The van der Waals surface area contributed by atoms with Gasteiger partial charge in [-0.05, 0) is 19.9 Å². The third kappa shape index (κ3) is 2.63. The van der Waals surface area contributed by atoms with Crippen LogP contribution in [0.4, 0.5) is 0 Å². The van der Waals surface area contributed by atoms with Gasteiger partial charge in [0.05, 0.1) is 6.10 Å². The van der Waals surface area contributed by atoms with Gasteiger partial charge in [0.25, 0.3) is 0 Å². The Morgan fingerprint density at radius 2 is 2.15 bits per heavy atom. The molecular weight excluding hydrogens is 166 g/mol. The maximum Gasteiger partial charge on any atom is 0.127 e. The van der Waals surface area contributed by atoms with Gasteiger partial charge in [0.1, 0.15) is 11.5 Å². The van der Waals surface area contributed by atoms with E-state index >= 15 is 0 Å². The molecule has 0 saturated carbocycles. The summed E-state index contributed by atoms with van der Waals surface area (Å²) in [5.74, 6) is 0.866. The molecule has 0 amide bonds. The van der Waals surface area contributed by atoms with Crippen molar-refractivity contribution in [3.05, 3.63) is 23.8 Å². The fraction of sp³-hybridized carbons (Fsp3) is 0.400. The van der Waals surface area contributed by atoms with Crippen LogP contribution in [-0.4, -0.2) is 11.2 Å². The molecule has 0 unspecified atom stereocenters. The first kappa shape index (κ1) is 9.86. The maximum absolute atomic E-state index is 9.23. The van der Waals surface area contributed by atoms with Gasteiger partial charge >= 0.3 is 0 Å². The van der Waals surface area contributed by atoms with Crippen molar-refractivity contribution in [1.29, 1.82) is 0 Å². The molecule has 0 fully saturated rings. The number of rotatable bonds is 3. The normalized spacial score (nSPS) is 10.5. The molecule has 0 aromatic heterocycles. The largest absolute Gasteiger partial charge is 0.508 e. The summed E-state index contributed by atoms with van der Waals surface area (Å²) in [5.41, 5.74) is 6.42. The fourth-order valence-electron chi connectivity index (χ4n) is 1.08. The van der Waals surface area contributed by atoms with Gasteiger partial charge in [0.15, 0.2) is 0 Å². The molecule has 3 N–H and O–H groups in total. The van der Waals surface area contributed by atoms with Crippen molar-refractivity contribution >= 4 is 0 Å². The summed E-state index contributed by atoms with van der Waals surface area (Å²) in [4.78, 5) is 0. The van der Waals surface area contributed by atoms with E-state index in [1.807, 2.05) is 13.8 Å². The molecule has 0 aliphatic heterocycles. The summed E-state index contributed by atoms with van der Waals surface area (Å²) in [6.07, 6.45) is 0.0899. The van der Waals surface area contributed by atoms with Crippen molar-refractivity contribution in [2.75, 3.05) is 0 Å². The first-order chi connectivity index (χ1) is 6.13. The van der Waals surface area contributed by atoms with Gasteiger partial charge in [0.2, 0.25) is 0 Å². The van der Waals surface area contributed by atoms with Crippen molar-refractivity contribution in [1.82, 2.24) is 0 Å². The Morgan fingerprint density at radius 3 is 2.69 bits per heavy atom. The van der Waals surface area contributed by atoms with Gasteiger partial charge < -0.3 is 15.6 Å². The van der Waals surface area contributed by atoms with Crippen LogP contribution >= 0.6 is 0 Å². The van der Waals surface area contributed by atoms with Crippen LogP contribution in [0.3, 0.4) is 0 Å². The summed E-state index contributed by atoms with van der Waals surface area (Å²) >= 11 is 0. The predicted octanol–water partition coefficient (Wildman–Crippen LogP) is 1.64. The van der Waals surface area contributed by atoms with E-state index in [0.717, 1.165) is 5.56 Å². The zero-order valence-corrected chi connectivity index (χ0v) is 7.95. The van der Waals surface area contributed by atoms with E-state index in [1.54, 1.807) is 18.2 Å². The number of benzene rings is 1. The molecule has 0 spiro atoms. The molecule has 0 saturated heterocycles. The van der Waals surface area contributed by atoms with Gasteiger partial charge in [-0.2, -0.15) is 0 Å². The molecule has 0 bridgehead atoms. The second-order valence-electron chi connectivity index (χ2n) is 3.16. The topological polar surface area (TPSA) is 55.5 Å². The van der Waals surface area contributed by atoms with Crippen LogP contribution in [0.25, 0.3) is 0 Å². The Labute approximate surface area is 78.1 Å². The van der Waals surface area contributed by atoms with E-state index in [2.05, 4.69) is 0 Å². The lowest BCUT2D eigenvalue weighted by molar-refractivity contribution is 0.239. The standard InChI is InChI=1S/C10H15NO2/c1-7(2)13-10-5-9(12)4-3-8(10)6-11/h3-5,7,12H,6,11H2,1-2H3. The molecule has 13 heavy (non-hydrogen) atoms. The lowest BCUT2D eigenvalue weighted by Gasteiger charge is -2.13. The van der Waals surface area contributed by atoms with E-state index in [0.29, 0.717) is 12.3 Å². The van der Waals surface area contributed by atoms with Crippen molar-refractivity contribution in [2.24, 2.45) is 5.73 Å². The van der Waals surface area contributed by atoms with Crippen LogP contribution in [0.15, 0.2) is 18.2 Å². The number of phenols is 1. The van der Waals surface area contributed by atoms with Crippen LogP contribution in [0.5, 0.6) is 11.5 Å². The van der Waals surface area contributed by atoms with E-state index in [-0.39, 0.29) is 11.9 Å². The zero-order chi connectivity index (χ0) is 9.84. The van der Waals surface area contributed by atoms with Gasteiger partial charge in [0, 0.05) is 18.2 Å². The second kappa shape index (κ2) is 4.14. The SMILES string of the molecule is CC(C)Oc1cc(O)ccc1CN. The number of hydrogen-bond acceptors (Lipinski definition) is 3. The maximum atomic E-state index is 9.23. The minimum Gasteiger partial charge on any atom is -0.508 e. The minimum atomic E-state index is 0.0899. The molecule has 3 heteroatoms. The molecule has 1 aromatic rings. The number of ether oxygens (including phenoxy) is 1. The Morgan fingerprint density at radius 1 is 1.46 bits per heavy atom. The lowest BCUT2D eigenvalue weighted by Crippen LogP contribution is -2.09. The highest BCUT2D eigenvalue weighted by Crippen LogP contribution is 2.24. The monoisotopic (exact) mass is 181 g/mol. The van der Waals surface area contributed by atoms with Gasteiger partial charge in [-0.25, -0.2) is 0 Å². The van der Waals surface area contributed by atoms with Crippen molar-refractivity contribution in [2.45, 2.75) is 26.5 Å². The third-order valence-electron chi connectivity index (χ3n) is 1.63. The summed E-state index contributed by atoms with van der Waals surface area (Å²) < 4.78 is 5.48. The molecule has 0 atom stereocenters. The van der Waals surface area contributed by atoms with Gasteiger partial charge in [-0.15, -0.1) is 0 Å². The summed E-state index contributed by atoms with van der Waals surface area (Å²) in [6.45, 7) is 4.29. The highest BCUT2D eigenvalue weighted by atomic mass is 16.5. The molecule has 3 nitrogen and oxygen atoms in total. The van der Waals surface area contributed by atoms with E-state index in [1.165, 1.54) is 0 Å². The Kier molecular flexibility index (Phi) is 3.14. The lowest BCUT2D eigenvalue weighted by atomic mass is 10.2. The van der Waals surface area contributed by atoms with Gasteiger partial charge in [-0.3, -0.25) is 0 Å². The average molecular weight is 181 g/mol. The smallest absolute Gasteiger partial charge is 0.127 e. The van der Waals surface area contributed by atoms with Crippen LogP contribution in [0.2, 0.25) is 0 Å². The van der Waals surface area contributed by atoms with Crippen LogP contribution in [-0.2, 0) is 6.54 Å². The molecular formula is C10H15NO2. The second-order valence-corrected chi connectivity index (χ2v) is 3.16. The van der Waals surface area contributed by atoms with Crippen molar-refractivity contribution in [3.63, 3.8) is 0 Å². The van der Waals surface area contributed by atoms with E-state index in [4.69, 9.17) is 10.5 Å². The van der Waals surface area contributed by atoms with Crippen molar-refractivity contribution < 1.29 is 9.84 Å². The highest BCUT2D eigenvalue weighted by molar-refractivity contribution is 5.40. The van der Waals surface area contributed by atoms with Crippen LogP contribution in [0, 0.1) is 0 Å². The summed E-state index contributed by atoms with van der Waals surface area (Å²) in [6, 6.07) is 4.96. The number of hydrogen-bond donors (Lipinski definition) is 2. The number of phenolic OH excluding ortho intramolecular Hbond substituents is 1. The Balaban J connectivity index is 2.94. The quantitative estimate of drug-likeness (QED) is 0.745. The predicted molar refractivity (Wildman–Crippen MR) is 51.8 cm³/mol. The van der Waals surface area contributed by atoms with Crippen LogP contribution < -0.4 is 10.5 Å². The highest BCUT2D eigenvalue weighted by Gasteiger charge is 2.04. The van der Waals surface area contributed by atoms with Gasteiger partial charge in [-0.1, -0.05) is 6.07 Å². The first-order valence-corrected chi connectivity index (χ1v) is 4.32. The molecule has 72 valence electrons.